The quantitative estimate of drug-likeness (QED) is 0.525. The van der Waals surface area contributed by atoms with Crippen molar-refractivity contribution in [2.75, 3.05) is 0 Å². The summed E-state index contributed by atoms with van der Waals surface area (Å²) in [5.74, 6) is -3.59. The average molecular weight is 208 g/mol. The minimum atomic E-state index is -1.32. The molecule has 1 aromatic rings. The number of hydrogen-bond donors (Lipinski definition) is 0. The van der Waals surface area contributed by atoms with E-state index in [9.17, 15) is 13.2 Å². The van der Waals surface area contributed by atoms with Crippen LogP contribution in [0.5, 0.6) is 0 Å². The van der Waals surface area contributed by atoms with E-state index in [4.69, 9.17) is 10.5 Å². The van der Waals surface area contributed by atoms with Crippen LogP contribution in [0, 0.1) is 40.1 Å². The number of halogens is 3. The van der Waals surface area contributed by atoms with Gasteiger partial charge in [-0.3, -0.25) is 0 Å². The fourth-order valence-electron chi connectivity index (χ4n) is 0.894. The molecule has 0 unspecified atom stereocenters. The summed E-state index contributed by atoms with van der Waals surface area (Å²) in [7, 11) is 0. The molecular weight excluding hydrogens is 205 g/mol. The van der Waals surface area contributed by atoms with Crippen LogP contribution >= 0.6 is 0 Å². The first-order chi connectivity index (χ1) is 7.08. The Hall–Kier alpha value is -2.27. The van der Waals surface area contributed by atoms with Crippen molar-refractivity contribution >= 4 is 6.08 Å². The van der Waals surface area contributed by atoms with Crippen molar-refractivity contribution in [3.63, 3.8) is 0 Å². The molecule has 2 nitrogen and oxygen atoms in total. The molecule has 0 aliphatic heterocycles. The molecule has 0 aliphatic rings. The van der Waals surface area contributed by atoms with Gasteiger partial charge in [-0.1, -0.05) is 0 Å². The van der Waals surface area contributed by atoms with Gasteiger partial charge in [-0.25, -0.2) is 13.2 Å². The number of nitrogens with zero attached hydrogens (tertiary/aromatic N) is 2. The van der Waals surface area contributed by atoms with Gasteiger partial charge in [-0.2, -0.15) is 10.5 Å². The zero-order chi connectivity index (χ0) is 11.4. The van der Waals surface area contributed by atoms with E-state index in [0.29, 0.717) is 12.1 Å². The van der Waals surface area contributed by atoms with Crippen molar-refractivity contribution in [3.8, 4) is 12.1 Å². The van der Waals surface area contributed by atoms with E-state index >= 15 is 0 Å². The van der Waals surface area contributed by atoms with E-state index < -0.39 is 17.5 Å². The molecule has 0 atom stereocenters. The van der Waals surface area contributed by atoms with Crippen LogP contribution in [0.4, 0.5) is 13.2 Å². The Labute approximate surface area is 83.5 Å². The fourth-order valence-corrected chi connectivity index (χ4v) is 0.894. The molecule has 15 heavy (non-hydrogen) atoms. The molecule has 0 N–H and O–H groups in total. The standard InChI is InChI=1S/C10H3F3N2/c11-8-3-10(13)9(12)2-7(8)1-6(4-14)5-15/h1-3H. The number of rotatable bonds is 1. The Morgan fingerprint density at radius 3 is 2.07 bits per heavy atom. The maximum Gasteiger partial charge on any atom is 0.161 e. The summed E-state index contributed by atoms with van der Waals surface area (Å²) < 4.78 is 38.2. The van der Waals surface area contributed by atoms with Gasteiger partial charge in [0.2, 0.25) is 0 Å². The lowest BCUT2D eigenvalue weighted by atomic mass is 10.1. The fraction of sp³-hybridized carbons (Fsp3) is 0. The maximum atomic E-state index is 13.0. The third kappa shape index (κ3) is 2.35. The summed E-state index contributed by atoms with van der Waals surface area (Å²) in [5.41, 5.74) is -0.730. The van der Waals surface area contributed by atoms with Gasteiger partial charge < -0.3 is 0 Å². The van der Waals surface area contributed by atoms with Crippen molar-refractivity contribution in [1.29, 1.82) is 10.5 Å². The first-order valence-corrected chi connectivity index (χ1v) is 3.75. The highest BCUT2D eigenvalue weighted by Crippen LogP contribution is 2.16. The molecule has 5 heteroatoms. The van der Waals surface area contributed by atoms with Gasteiger partial charge in [0.1, 0.15) is 23.5 Å². The second kappa shape index (κ2) is 4.30. The highest BCUT2D eigenvalue weighted by Gasteiger charge is 2.08. The van der Waals surface area contributed by atoms with E-state index in [1.54, 1.807) is 0 Å². The summed E-state index contributed by atoms with van der Waals surface area (Å²) in [4.78, 5) is 0. The van der Waals surface area contributed by atoms with E-state index in [-0.39, 0.29) is 11.1 Å². The molecular formula is C10H3F3N2. The van der Waals surface area contributed by atoms with E-state index in [1.807, 2.05) is 0 Å². The van der Waals surface area contributed by atoms with Crippen LogP contribution < -0.4 is 0 Å². The first kappa shape index (κ1) is 10.8. The lowest BCUT2D eigenvalue weighted by Crippen LogP contribution is -1.90. The molecule has 0 heterocycles. The van der Waals surface area contributed by atoms with Gasteiger partial charge in [0.05, 0.1) is 0 Å². The minimum Gasteiger partial charge on any atom is -0.206 e. The highest BCUT2D eigenvalue weighted by atomic mass is 19.2. The van der Waals surface area contributed by atoms with Crippen LogP contribution in [0.15, 0.2) is 17.7 Å². The molecule has 74 valence electrons. The molecule has 0 aliphatic carbocycles. The van der Waals surface area contributed by atoms with Crippen molar-refractivity contribution in [2.45, 2.75) is 0 Å². The number of nitriles is 2. The Kier molecular flexibility index (Phi) is 3.10. The number of allylic oxidation sites excluding steroid dienone is 1. The number of benzene rings is 1. The monoisotopic (exact) mass is 208 g/mol. The Morgan fingerprint density at radius 1 is 1.00 bits per heavy atom. The summed E-state index contributed by atoms with van der Waals surface area (Å²) in [5, 5.41) is 16.7. The second-order valence-corrected chi connectivity index (χ2v) is 2.57. The second-order valence-electron chi connectivity index (χ2n) is 2.57. The van der Waals surface area contributed by atoms with E-state index in [2.05, 4.69) is 0 Å². The molecule has 1 aromatic carbocycles. The Bertz CT molecular complexity index is 491. The SMILES string of the molecule is N#CC(C#N)=Cc1cc(F)c(F)cc1F. The molecule has 0 bridgehead atoms. The van der Waals surface area contributed by atoms with Crippen molar-refractivity contribution in [1.82, 2.24) is 0 Å². The lowest BCUT2D eigenvalue weighted by molar-refractivity contribution is 0.494. The predicted molar refractivity (Wildman–Crippen MR) is 45.5 cm³/mol. The molecule has 0 radical (unpaired) electrons. The zero-order valence-electron chi connectivity index (χ0n) is 7.26. The van der Waals surface area contributed by atoms with Gasteiger partial charge >= 0.3 is 0 Å². The molecule has 0 aromatic heterocycles. The van der Waals surface area contributed by atoms with Crippen LogP contribution in [0.3, 0.4) is 0 Å². The van der Waals surface area contributed by atoms with Crippen molar-refractivity contribution in [2.24, 2.45) is 0 Å². The maximum absolute atomic E-state index is 13.0. The lowest BCUT2D eigenvalue weighted by Gasteiger charge is -1.98. The highest BCUT2D eigenvalue weighted by molar-refractivity contribution is 5.62. The molecule has 0 spiro atoms. The summed E-state index contributed by atoms with van der Waals surface area (Å²) in [6.45, 7) is 0. The third-order valence-corrected chi connectivity index (χ3v) is 1.58. The summed E-state index contributed by atoms with van der Waals surface area (Å²) in [6, 6.07) is 3.89. The molecule has 0 saturated carbocycles. The van der Waals surface area contributed by atoms with Crippen LogP contribution in [0.25, 0.3) is 6.08 Å². The average Bonchev–Trinajstić information content (AvgIpc) is 2.21. The zero-order valence-corrected chi connectivity index (χ0v) is 7.26. The first-order valence-electron chi connectivity index (χ1n) is 3.75. The molecule has 1 rings (SSSR count). The largest absolute Gasteiger partial charge is 0.206 e. The van der Waals surface area contributed by atoms with Crippen LogP contribution in [-0.2, 0) is 0 Å². The van der Waals surface area contributed by atoms with Gasteiger partial charge in [-0.15, -0.1) is 0 Å². The van der Waals surface area contributed by atoms with Gasteiger partial charge in [0.15, 0.2) is 11.6 Å². The van der Waals surface area contributed by atoms with E-state index in [0.717, 1.165) is 6.08 Å². The van der Waals surface area contributed by atoms with Crippen LogP contribution in [0.1, 0.15) is 5.56 Å². The summed E-state index contributed by atoms with van der Waals surface area (Å²) >= 11 is 0. The smallest absolute Gasteiger partial charge is 0.161 e. The molecule has 0 fully saturated rings. The topological polar surface area (TPSA) is 47.6 Å². The van der Waals surface area contributed by atoms with E-state index in [1.165, 1.54) is 12.1 Å². The van der Waals surface area contributed by atoms with Gasteiger partial charge in [-0.05, 0) is 12.1 Å². The predicted octanol–water partition coefficient (Wildman–Crippen LogP) is 2.53. The number of hydrogen-bond acceptors (Lipinski definition) is 2. The normalized spacial score (nSPS) is 8.87. The van der Waals surface area contributed by atoms with Crippen molar-refractivity contribution < 1.29 is 13.2 Å². The summed E-state index contributed by atoms with van der Waals surface area (Å²) in [6.07, 6.45) is 0.845. The van der Waals surface area contributed by atoms with Crippen LogP contribution in [-0.4, -0.2) is 0 Å². The van der Waals surface area contributed by atoms with Crippen molar-refractivity contribution in [3.05, 3.63) is 40.7 Å². The minimum absolute atomic E-state index is 0.341. The molecule has 0 saturated heterocycles. The van der Waals surface area contributed by atoms with Gasteiger partial charge in [0.25, 0.3) is 0 Å². The Morgan fingerprint density at radius 2 is 1.53 bits per heavy atom. The Balaban J connectivity index is 3.30. The van der Waals surface area contributed by atoms with Crippen LogP contribution in [0.2, 0.25) is 0 Å². The third-order valence-electron chi connectivity index (χ3n) is 1.58. The van der Waals surface area contributed by atoms with Gasteiger partial charge in [0, 0.05) is 11.6 Å². The molecule has 0 amide bonds.